The predicted molar refractivity (Wildman–Crippen MR) is 145 cm³/mol. The molecule has 0 radical (unpaired) electrons. The summed E-state index contributed by atoms with van der Waals surface area (Å²) in [5.41, 5.74) is 8.11. The van der Waals surface area contributed by atoms with Gasteiger partial charge in [0, 0.05) is 31.6 Å². The summed E-state index contributed by atoms with van der Waals surface area (Å²) in [6.07, 6.45) is 7.94. The summed E-state index contributed by atoms with van der Waals surface area (Å²) in [5, 5.41) is 12.5. The molecule has 1 saturated carbocycles. The lowest BCUT2D eigenvalue weighted by molar-refractivity contribution is -0.131. The fourth-order valence-electron chi connectivity index (χ4n) is 5.58. The SMILES string of the molecule is CC(=O)N1CCC2(CCC(Nc3ncnc(N)c3C(=N)c3ccc(Oc4ccccc4)cc3)CC2)CC1. The minimum absolute atomic E-state index is 0.180. The van der Waals surface area contributed by atoms with Gasteiger partial charge in [0.15, 0.2) is 0 Å². The Labute approximate surface area is 217 Å². The molecule has 2 aromatic carbocycles. The number of piperidine rings is 1. The van der Waals surface area contributed by atoms with Gasteiger partial charge in [-0.25, -0.2) is 9.97 Å². The zero-order valence-corrected chi connectivity index (χ0v) is 21.2. The lowest BCUT2D eigenvalue weighted by Crippen LogP contribution is -2.45. The van der Waals surface area contributed by atoms with Gasteiger partial charge < -0.3 is 20.7 Å². The molecule has 0 unspecified atom stereocenters. The van der Waals surface area contributed by atoms with Gasteiger partial charge in [-0.15, -0.1) is 0 Å². The van der Waals surface area contributed by atoms with Gasteiger partial charge in [0.05, 0.1) is 11.3 Å². The average Bonchev–Trinajstić information content (AvgIpc) is 2.91. The van der Waals surface area contributed by atoms with E-state index in [0.29, 0.717) is 28.1 Å². The van der Waals surface area contributed by atoms with E-state index in [2.05, 4.69) is 15.3 Å². The van der Waals surface area contributed by atoms with Crippen molar-refractivity contribution in [3.05, 3.63) is 72.1 Å². The van der Waals surface area contributed by atoms with E-state index in [1.165, 1.54) is 6.33 Å². The molecule has 37 heavy (non-hydrogen) atoms. The number of aromatic nitrogens is 2. The third-order valence-corrected chi connectivity index (χ3v) is 7.91. The van der Waals surface area contributed by atoms with Crippen molar-refractivity contribution in [1.29, 1.82) is 5.41 Å². The molecule has 8 nitrogen and oxygen atoms in total. The Hall–Kier alpha value is -3.94. The summed E-state index contributed by atoms with van der Waals surface area (Å²) in [4.78, 5) is 22.3. The van der Waals surface area contributed by atoms with Gasteiger partial charge in [-0.1, -0.05) is 18.2 Å². The van der Waals surface area contributed by atoms with Crippen molar-refractivity contribution in [2.75, 3.05) is 24.1 Å². The summed E-state index contributed by atoms with van der Waals surface area (Å²) >= 11 is 0. The van der Waals surface area contributed by atoms with E-state index in [1.54, 1.807) is 6.92 Å². The molecule has 1 aliphatic heterocycles. The molecule has 1 amide bonds. The number of para-hydroxylation sites is 1. The van der Waals surface area contributed by atoms with Crippen LogP contribution in [0.4, 0.5) is 11.6 Å². The second kappa shape index (κ2) is 10.6. The van der Waals surface area contributed by atoms with Gasteiger partial charge in [-0.05, 0) is 80.3 Å². The minimum atomic E-state index is 0.180. The normalized spacial score (nSPS) is 17.4. The standard InChI is InChI=1S/C29H34N6O2/c1-20(36)35-17-15-29(16-18-35)13-11-22(12-14-29)34-28-25(27(31)32-19-33-28)26(30)21-7-9-24(10-8-21)37-23-5-3-2-4-6-23/h2-10,19,22,30H,11-18H2,1H3,(H3,31,32,33,34). The van der Waals surface area contributed by atoms with Gasteiger partial charge in [0.25, 0.3) is 0 Å². The fourth-order valence-corrected chi connectivity index (χ4v) is 5.58. The molecule has 1 aromatic heterocycles. The van der Waals surface area contributed by atoms with Crippen LogP contribution in [0.5, 0.6) is 11.5 Å². The number of amides is 1. The molecule has 2 aliphatic rings. The Morgan fingerprint density at radius 2 is 1.65 bits per heavy atom. The Bertz CT molecular complexity index is 1240. The van der Waals surface area contributed by atoms with Crippen molar-refractivity contribution in [3.63, 3.8) is 0 Å². The Balaban J connectivity index is 1.25. The topological polar surface area (TPSA) is 117 Å². The zero-order valence-electron chi connectivity index (χ0n) is 21.2. The monoisotopic (exact) mass is 498 g/mol. The smallest absolute Gasteiger partial charge is 0.219 e. The number of hydrogen-bond donors (Lipinski definition) is 3. The van der Waals surface area contributed by atoms with E-state index < -0.39 is 0 Å². The van der Waals surface area contributed by atoms with Crippen LogP contribution in [0.15, 0.2) is 60.9 Å². The Morgan fingerprint density at radius 3 is 2.30 bits per heavy atom. The maximum atomic E-state index is 11.7. The van der Waals surface area contributed by atoms with Gasteiger partial charge in [0.2, 0.25) is 5.91 Å². The first-order valence-corrected chi connectivity index (χ1v) is 13.0. The van der Waals surface area contributed by atoms with Crippen LogP contribution < -0.4 is 15.8 Å². The van der Waals surface area contributed by atoms with E-state index in [1.807, 2.05) is 59.5 Å². The van der Waals surface area contributed by atoms with E-state index >= 15 is 0 Å². The van der Waals surface area contributed by atoms with Crippen LogP contribution in [0.1, 0.15) is 56.6 Å². The fraction of sp³-hybridized carbons (Fsp3) is 0.379. The van der Waals surface area contributed by atoms with Gasteiger partial charge in [-0.2, -0.15) is 0 Å². The first kappa shape index (κ1) is 24.7. The van der Waals surface area contributed by atoms with Gasteiger partial charge in [0.1, 0.15) is 29.5 Å². The van der Waals surface area contributed by atoms with Crippen molar-refractivity contribution in [1.82, 2.24) is 14.9 Å². The zero-order chi connectivity index (χ0) is 25.8. The molecule has 2 fully saturated rings. The molecule has 192 valence electrons. The number of nitrogens with one attached hydrogen (secondary N) is 2. The number of carbonyl (C=O) groups excluding carboxylic acids is 1. The highest BCUT2D eigenvalue weighted by molar-refractivity contribution is 6.16. The van der Waals surface area contributed by atoms with Gasteiger partial charge in [-0.3, -0.25) is 10.2 Å². The van der Waals surface area contributed by atoms with E-state index in [4.69, 9.17) is 15.9 Å². The molecule has 1 saturated heterocycles. The summed E-state index contributed by atoms with van der Waals surface area (Å²) < 4.78 is 5.88. The third-order valence-electron chi connectivity index (χ3n) is 7.91. The van der Waals surface area contributed by atoms with Crippen molar-refractivity contribution in [3.8, 4) is 11.5 Å². The maximum Gasteiger partial charge on any atom is 0.219 e. The number of ether oxygens (including phenoxy) is 1. The van der Waals surface area contributed by atoms with E-state index in [0.717, 1.165) is 57.4 Å². The number of benzene rings is 2. The summed E-state index contributed by atoms with van der Waals surface area (Å²) in [6.45, 7) is 3.40. The lowest BCUT2D eigenvalue weighted by atomic mass is 9.67. The largest absolute Gasteiger partial charge is 0.457 e. The van der Waals surface area contributed by atoms with Gasteiger partial charge >= 0.3 is 0 Å². The number of nitrogen functional groups attached to an aromatic ring is 1. The molecule has 5 rings (SSSR count). The molecule has 0 bridgehead atoms. The quantitative estimate of drug-likeness (QED) is 0.400. The summed E-state index contributed by atoms with van der Waals surface area (Å²) in [6, 6.07) is 17.3. The van der Waals surface area contributed by atoms with E-state index in [-0.39, 0.29) is 23.5 Å². The maximum absolute atomic E-state index is 11.7. The molecule has 0 atom stereocenters. The third kappa shape index (κ3) is 5.58. The molecule has 2 heterocycles. The molecule has 8 heteroatoms. The molecular formula is C29H34N6O2. The Kier molecular flexibility index (Phi) is 7.08. The number of anilines is 2. The second-order valence-corrected chi connectivity index (χ2v) is 10.2. The minimum Gasteiger partial charge on any atom is -0.457 e. The molecule has 3 aromatic rings. The van der Waals surface area contributed by atoms with Crippen LogP contribution in [0.3, 0.4) is 0 Å². The first-order chi connectivity index (χ1) is 17.9. The highest BCUT2D eigenvalue weighted by atomic mass is 16.5. The molecule has 4 N–H and O–H groups in total. The van der Waals surface area contributed by atoms with Crippen LogP contribution >= 0.6 is 0 Å². The number of nitrogens with zero attached hydrogens (tertiary/aromatic N) is 3. The van der Waals surface area contributed by atoms with Crippen molar-refractivity contribution in [2.24, 2.45) is 5.41 Å². The van der Waals surface area contributed by atoms with Crippen molar-refractivity contribution >= 4 is 23.3 Å². The van der Waals surface area contributed by atoms with E-state index in [9.17, 15) is 4.79 Å². The number of likely N-dealkylation sites (tertiary alicyclic amines) is 1. The average molecular weight is 499 g/mol. The van der Waals surface area contributed by atoms with Crippen molar-refractivity contribution in [2.45, 2.75) is 51.5 Å². The predicted octanol–water partition coefficient (Wildman–Crippen LogP) is 5.25. The molecular weight excluding hydrogens is 464 g/mol. The number of hydrogen-bond acceptors (Lipinski definition) is 7. The van der Waals surface area contributed by atoms with Crippen LogP contribution in [0.2, 0.25) is 0 Å². The number of carbonyl (C=O) groups is 1. The molecule has 1 spiro atoms. The van der Waals surface area contributed by atoms with Crippen molar-refractivity contribution < 1.29 is 9.53 Å². The summed E-state index contributed by atoms with van der Waals surface area (Å²) in [5.74, 6) is 2.53. The highest BCUT2D eigenvalue weighted by Gasteiger charge is 2.38. The lowest BCUT2D eigenvalue weighted by Gasteiger charge is -2.46. The number of rotatable bonds is 6. The van der Waals surface area contributed by atoms with Crippen LogP contribution in [0, 0.1) is 10.8 Å². The van der Waals surface area contributed by atoms with Crippen LogP contribution in [0.25, 0.3) is 0 Å². The molecule has 1 aliphatic carbocycles. The number of nitrogens with two attached hydrogens (primary N) is 1. The summed E-state index contributed by atoms with van der Waals surface area (Å²) in [7, 11) is 0. The Morgan fingerprint density at radius 1 is 1.00 bits per heavy atom. The van der Waals surface area contributed by atoms with Crippen LogP contribution in [-0.4, -0.2) is 45.6 Å². The first-order valence-electron chi connectivity index (χ1n) is 13.0. The van der Waals surface area contributed by atoms with Crippen LogP contribution in [-0.2, 0) is 4.79 Å². The second-order valence-electron chi connectivity index (χ2n) is 10.2. The highest BCUT2D eigenvalue weighted by Crippen LogP contribution is 2.45.